The lowest BCUT2D eigenvalue weighted by Crippen LogP contribution is -2.29. The van der Waals surface area contributed by atoms with Crippen LogP contribution < -0.4 is 0 Å². The predicted octanol–water partition coefficient (Wildman–Crippen LogP) is 1.08. The van der Waals surface area contributed by atoms with E-state index in [0.717, 1.165) is 19.4 Å². The summed E-state index contributed by atoms with van der Waals surface area (Å²) in [5.74, 6) is 0. The van der Waals surface area contributed by atoms with Gasteiger partial charge in [0, 0.05) is 13.6 Å². The summed E-state index contributed by atoms with van der Waals surface area (Å²) in [7, 11) is 1.83. The van der Waals surface area contributed by atoms with E-state index in [4.69, 9.17) is 0 Å². The summed E-state index contributed by atoms with van der Waals surface area (Å²) in [4.78, 5) is 5.82. The van der Waals surface area contributed by atoms with Gasteiger partial charge in [-0.05, 0) is 12.8 Å². The van der Waals surface area contributed by atoms with Gasteiger partial charge in [-0.25, -0.2) is 0 Å². The zero-order valence-electron chi connectivity index (χ0n) is 7.62. The lowest BCUT2D eigenvalue weighted by atomic mass is 10.4. The summed E-state index contributed by atoms with van der Waals surface area (Å²) in [5, 5.41) is 9.26. The molecule has 0 aromatic heterocycles. The maximum Gasteiger partial charge on any atom is 0.127 e. The van der Waals surface area contributed by atoms with Gasteiger partial charge in [-0.15, -0.1) is 0 Å². The molecule has 0 spiro atoms. The number of hydrogen-bond acceptors (Lipinski definition) is 2. The monoisotopic (exact) mass is 158 g/mol. The molecule has 0 heterocycles. The Labute approximate surface area is 68.7 Å². The second kappa shape index (κ2) is 6.16. The maximum absolute atomic E-state index is 9.26. The Balaban J connectivity index is 3.57. The highest BCUT2D eigenvalue weighted by molar-refractivity contribution is 5.54. The molecular formula is C8H18N2O. The standard InChI is InChI=1S/C8H18N2O/c1-4-6-9-7-10(3)8(11)5-2/h7-8,11H,4-6H2,1-3H3. The molecule has 3 heteroatoms. The average molecular weight is 158 g/mol. The van der Waals surface area contributed by atoms with Crippen molar-refractivity contribution in [3.63, 3.8) is 0 Å². The van der Waals surface area contributed by atoms with Crippen molar-refractivity contribution in [3.8, 4) is 0 Å². The van der Waals surface area contributed by atoms with Crippen molar-refractivity contribution in [2.45, 2.75) is 32.9 Å². The SMILES string of the molecule is CCCN=CN(C)C(O)CC. The van der Waals surface area contributed by atoms with Crippen LogP contribution >= 0.6 is 0 Å². The maximum atomic E-state index is 9.26. The topological polar surface area (TPSA) is 35.8 Å². The van der Waals surface area contributed by atoms with Crippen molar-refractivity contribution in [1.82, 2.24) is 4.90 Å². The normalized spacial score (nSPS) is 13.8. The fraction of sp³-hybridized carbons (Fsp3) is 0.875. The third kappa shape index (κ3) is 4.79. The fourth-order valence-electron chi connectivity index (χ4n) is 0.681. The highest BCUT2D eigenvalue weighted by Gasteiger charge is 2.02. The first kappa shape index (κ1) is 10.4. The van der Waals surface area contributed by atoms with Gasteiger partial charge in [-0.2, -0.15) is 0 Å². The van der Waals surface area contributed by atoms with E-state index in [9.17, 15) is 5.11 Å². The number of aliphatic hydroxyl groups excluding tert-OH is 1. The molecule has 0 rings (SSSR count). The van der Waals surface area contributed by atoms with Crippen LogP contribution in [0.15, 0.2) is 4.99 Å². The molecule has 3 nitrogen and oxygen atoms in total. The summed E-state index contributed by atoms with van der Waals surface area (Å²) in [5.41, 5.74) is 0. The molecule has 1 N–H and O–H groups in total. The van der Waals surface area contributed by atoms with Gasteiger partial charge in [-0.1, -0.05) is 13.8 Å². The molecule has 0 aromatic rings. The van der Waals surface area contributed by atoms with Crippen molar-refractivity contribution in [3.05, 3.63) is 0 Å². The van der Waals surface area contributed by atoms with Gasteiger partial charge in [0.15, 0.2) is 0 Å². The van der Waals surface area contributed by atoms with E-state index in [2.05, 4.69) is 11.9 Å². The van der Waals surface area contributed by atoms with Gasteiger partial charge in [0.05, 0.1) is 6.34 Å². The number of aliphatic hydroxyl groups is 1. The number of hydrogen-bond donors (Lipinski definition) is 1. The average Bonchev–Trinajstić information content (AvgIpc) is 2.03. The minimum Gasteiger partial charge on any atom is -0.374 e. The van der Waals surface area contributed by atoms with E-state index in [0.29, 0.717) is 0 Å². The summed E-state index contributed by atoms with van der Waals surface area (Å²) in [6.45, 7) is 4.85. The smallest absolute Gasteiger partial charge is 0.127 e. The molecule has 1 atom stereocenters. The number of rotatable bonds is 5. The molecule has 1 unspecified atom stereocenters. The summed E-state index contributed by atoms with van der Waals surface area (Å²) >= 11 is 0. The van der Waals surface area contributed by atoms with Crippen molar-refractivity contribution in [2.75, 3.05) is 13.6 Å². The van der Waals surface area contributed by atoms with Crippen LogP contribution in [-0.4, -0.2) is 36.2 Å². The van der Waals surface area contributed by atoms with E-state index >= 15 is 0 Å². The van der Waals surface area contributed by atoms with E-state index in [-0.39, 0.29) is 0 Å². The Kier molecular flexibility index (Phi) is 5.84. The van der Waals surface area contributed by atoms with E-state index in [1.807, 2.05) is 14.0 Å². The van der Waals surface area contributed by atoms with Crippen LogP contribution in [0.3, 0.4) is 0 Å². The third-order valence-electron chi connectivity index (χ3n) is 1.45. The zero-order chi connectivity index (χ0) is 8.69. The second-order valence-electron chi connectivity index (χ2n) is 2.58. The molecule has 0 aromatic carbocycles. The molecule has 66 valence electrons. The largest absolute Gasteiger partial charge is 0.374 e. The molecule has 0 bridgehead atoms. The summed E-state index contributed by atoms with van der Waals surface area (Å²) in [6.07, 6.45) is 3.08. The van der Waals surface area contributed by atoms with Crippen LogP contribution in [0.1, 0.15) is 26.7 Å². The predicted molar refractivity (Wildman–Crippen MR) is 47.7 cm³/mol. The lowest BCUT2D eigenvalue weighted by molar-refractivity contribution is 0.0694. The van der Waals surface area contributed by atoms with Crippen molar-refractivity contribution in [1.29, 1.82) is 0 Å². The molecule has 0 aliphatic carbocycles. The molecule has 11 heavy (non-hydrogen) atoms. The molecule has 0 saturated carbocycles. The molecule has 0 aliphatic rings. The minimum absolute atomic E-state index is 0.393. The Morgan fingerprint density at radius 1 is 1.55 bits per heavy atom. The first-order valence-electron chi connectivity index (χ1n) is 4.12. The quantitative estimate of drug-likeness (QED) is 0.369. The van der Waals surface area contributed by atoms with Crippen molar-refractivity contribution >= 4 is 6.34 Å². The van der Waals surface area contributed by atoms with Gasteiger partial charge < -0.3 is 10.0 Å². The van der Waals surface area contributed by atoms with Gasteiger partial charge in [-0.3, -0.25) is 4.99 Å². The Hall–Kier alpha value is -0.570. The molecule has 0 radical (unpaired) electrons. The van der Waals surface area contributed by atoms with E-state index < -0.39 is 6.23 Å². The molecule has 0 aliphatic heterocycles. The van der Waals surface area contributed by atoms with Crippen LogP contribution in [-0.2, 0) is 0 Å². The number of aliphatic imine (C=N–C) groups is 1. The Morgan fingerprint density at radius 2 is 2.18 bits per heavy atom. The number of nitrogens with zero attached hydrogens (tertiary/aromatic N) is 2. The van der Waals surface area contributed by atoms with Crippen molar-refractivity contribution < 1.29 is 5.11 Å². The molecule has 0 amide bonds. The first-order chi connectivity index (χ1) is 5.22. The Bertz CT molecular complexity index is 115. The van der Waals surface area contributed by atoms with Gasteiger partial charge >= 0.3 is 0 Å². The van der Waals surface area contributed by atoms with E-state index in [1.54, 1.807) is 11.2 Å². The van der Waals surface area contributed by atoms with Crippen LogP contribution in [0, 0.1) is 0 Å². The summed E-state index contributed by atoms with van der Waals surface area (Å²) < 4.78 is 0. The van der Waals surface area contributed by atoms with Gasteiger partial charge in [0.2, 0.25) is 0 Å². The van der Waals surface area contributed by atoms with Gasteiger partial charge in [0.1, 0.15) is 6.23 Å². The minimum atomic E-state index is -0.393. The molecule has 0 fully saturated rings. The van der Waals surface area contributed by atoms with Gasteiger partial charge in [0.25, 0.3) is 0 Å². The zero-order valence-corrected chi connectivity index (χ0v) is 7.62. The molecule has 0 saturated heterocycles. The summed E-state index contributed by atoms with van der Waals surface area (Å²) in [6, 6.07) is 0. The lowest BCUT2D eigenvalue weighted by Gasteiger charge is -2.18. The van der Waals surface area contributed by atoms with Crippen LogP contribution in [0.4, 0.5) is 0 Å². The van der Waals surface area contributed by atoms with Crippen LogP contribution in [0.2, 0.25) is 0 Å². The highest BCUT2D eigenvalue weighted by Crippen LogP contribution is 1.93. The first-order valence-corrected chi connectivity index (χ1v) is 4.12. The van der Waals surface area contributed by atoms with Crippen molar-refractivity contribution in [2.24, 2.45) is 4.99 Å². The van der Waals surface area contributed by atoms with E-state index in [1.165, 1.54) is 0 Å². The molecular weight excluding hydrogens is 140 g/mol. The highest BCUT2D eigenvalue weighted by atomic mass is 16.3. The van der Waals surface area contributed by atoms with Crippen LogP contribution in [0.5, 0.6) is 0 Å². The Morgan fingerprint density at radius 3 is 2.64 bits per heavy atom. The van der Waals surface area contributed by atoms with Crippen LogP contribution in [0.25, 0.3) is 0 Å². The fourth-order valence-corrected chi connectivity index (χ4v) is 0.681. The second-order valence-corrected chi connectivity index (χ2v) is 2.58. The third-order valence-corrected chi connectivity index (χ3v) is 1.45.